The van der Waals surface area contributed by atoms with Crippen molar-refractivity contribution in [2.24, 2.45) is 0 Å². The molecule has 1 N–H and O–H groups in total. The summed E-state index contributed by atoms with van der Waals surface area (Å²) in [5, 5.41) is 0.120. The molecule has 2 rings (SSSR count). The smallest absolute Gasteiger partial charge is 0.339 e. The summed E-state index contributed by atoms with van der Waals surface area (Å²) in [5.74, 6) is 0.320. The van der Waals surface area contributed by atoms with Crippen LogP contribution in [0.15, 0.2) is 47.4 Å². The van der Waals surface area contributed by atoms with E-state index in [4.69, 9.17) is 16.3 Å². The van der Waals surface area contributed by atoms with Crippen LogP contribution < -0.4 is 9.46 Å². The first-order valence-electron chi connectivity index (χ1n) is 8.35. The molecule has 0 aliphatic carbocycles. The third kappa shape index (κ3) is 5.45. The van der Waals surface area contributed by atoms with Crippen LogP contribution in [0.3, 0.4) is 0 Å². The Balaban J connectivity index is 2.03. The van der Waals surface area contributed by atoms with Crippen LogP contribution in [0.2, 0.25) is 5.02 Å². The second-order valence-corrected chi connectivity index (χ2v) is 8.25. The number of hydrogen-bond acceptors (Lipinski definition) is 5. The van der Waals surface area contributed by atoms with Crippen molar-refractivity contribution in [3.8, 4) is 5.75 Å². The fourth-order valence-corrected chi connectivity index (χ4v) is 3.68. The molecule has 0 radical (unpaired) electrons. The molecule has 0 atom stereocenters. The Labute approximate surface area is 164 Å². The molecule has 0 bridgehead atoms. The lowest BCUT2D eigenvalue weighted by atomic mass is 10.0. The lowest BCUT2D eigenvalue weighted by Crippen LogP contribution is -2.28. The van der Waals surface area contributed by atoms with Gasteiger partial charge in [-0.2, -0.15) is 0 Å². The van der Waals surface area contributed by atoms with Gasteiger partial charge in [0.15, 0.2) is 0 Å². The molecule has 0 aromatic heterocycles. The number of ether oxygens (including phenoxy) is 2. The predicted molar refractivity (Wildman–Crippen MR) is 104 cm³/mol. The number of nitrogens with one attached hydrogen (secondary N) is 1. The van der Waals surface area contributed by atoms with E-state index in [0.29, 0.717) is 5.92 Å². The van der Waals surface area contributed by atoms with Crippen molar-refractivity contribution >= 4 is 27.6 Å². The summed E-state index contributed by atoms with van der Waals surface area (Å²) in [5.41, 5.74) is 1.05. The van der Waals surface area contributed by atoms with Gasteiger partial charge in [0, 0.05) is 6.54 Å². The Morgan fingerprint density at radius 3 is 2.56 bits per heavy atom. The molecule has 0 amide bonds. The van der Waals surface area contributed by atoms with Crippen LogP contribution in [0, 0.1) is 0 Å². The number of carbonyl (C=O) groups is 1. The Morgan fingerprint density at radius 1 is 1.19 bits per heavy atom. The summed E-state index contributed by atoms with van der Waals surface area (Å²) < 4.78 is 37.6. The van der Waals surface area contributed by atoms with E-state index >= 15 is 0 Å². The van der Waals surface area contributed by atoms with E-state index in [0.717, 1.165) is 11.3 Å². The fourth-order valence-electron chi connectivity index (χ4n) is 2.45. The average Bonchev–Trinajstić information content (AvgIpc) is 2.65. The van der Waals surface area contributed by atoms with E-state index in [1.54, 1.807) is 0 Å². The first kappa shape index (κ1) is 21.2. The molecule has 8 heteroatoms. The molecule has 0 aliphatic heterocycles. The third-order valence-electron chi connectivity index (χ3n) is 3.85. The van der Waals surface area contributed by atoms with Crippen molar-refractivity contribution in [1.82, 2.24) is 4.72 Å². The Kier molecular flexibility index (Phi) is 7.24. The summed E-state index contributed by atoms with van der Waals surface area (Å²) in [4.78, 5) is 11.6. The van der Waals surface area contributed by atoms with Crippen LogP contribution in [-0.4, -0.2) is 34.6 Å². The van der Waals surface area contributed by atoms with Crippen LogP contribution >= 0.6 is 11.6 Å². The summed E-state index contributed by atoms with van der Waals surface area (Å²) in [6.07, 6.45) is 0. The maximum Gasteiger partial charge on any atom is 0.339 e. The molecule has 27 heavy (non-hydrogen) atoms. The zero-order chi connectivity index (χ0) is 20.0. The van der Waals surface area contributed by atoms with E-state index in [9.17, 15) is 13.2 Å². The molecule has 6 nitrogen and oxygen atoms in total. The van der Waals surface area contributed by atoms with Crippen LogP contribution in [-0.2, 0) is 14.8 Å². The molecule has 0 fully saturated rings. The van der Waals surface area contributed by atoms with Gasteiger partial charge in [0.05, 0.1) is 22.6 Å². The van der Waals surface area contributed by atoms with Gasteiger partial charge in [-0.25, -0.2) is 17.9 Å². The molecular weight excluding hydrogens is 390 g/mol. The molecule has 0 saturated heterocycles. The number of halogens is 1. The molecule has 2 aromatic carbocycles. The normalized spacial score (nSPS) is 11.4. The van der Waals surface area contributed by atoms with Crippen molar-refractivity contribution < 1.29 is 22.7 Å². The van der Waals surface area contributed by atoms with Crippen molar-refractivity contribution in [1.29, 1.82) is 0 Å². The zero-order valence-corrected chi connectivity index (χ0v) is 16.9. The topological polar surface area (TPSA) is 81.7 Å². The second kappa shape index (κ2) is 9.21. The molecule has 0 aliphatic rings. The van der Waals surface area contributed by atoms with Gasteiger partial charge in [-0.15, -0.1) is 0 Å². The van der Waals surface area contributed by atoms with Crippen molar-refractivity contribution in [3.63, 3.8) is 0 Å². The summed E-state index contributed by atoms with van der Waals surface area (Å²) in [6.45, 7) is 4.36. The highest BCUT2D eigenvalue weighted by molar-refractivity contribution is 7.89. The number of rotatable bonds is 8. The SMILES string of the molecule is COC(=O)c1cc(S(=O)(=O)NCCOc2ccccc2C(C)C)ccc1Cl. The van der Waals surface area contributed by atoms with Crippen molar-refractivity contribution in [2.45, 2.75) is 24.7 Å². The highest BCUT2D eigenvalue weighted by atomic mass is 35.5. The van der Waals surface area contributed by atoms with Gasteiger partial charge in [-0.3, -0.25) is 0 Å². The van der Waals surface area contributed by atoms with Gasteiger partial charge < -0.3 is 9.47 Å². The van der Waals surface area contributed by atoms with E-state index in [2.05, 4.69) is 23.3 Å². The van der Waals surface area contributed by atoms with E-state index in [-0.39, 0.29) is 28.6 Å². The fraction of sp³-hybridized carbons (Fsp3) is 0.316. The number of methoxy groups -OCH3 is 1. The Hall–Kier alpha value is -2.09. The summed E-state index contributed by atoms with van der Waals surface area (Å²) in [7, 11) is -2.62. The quantitative estimate of drug-likeness (QED) is 0.530. The van der Waals surface area contributed by atoms with Crippen LogP contribution in [0.1, 0.15) is 35.7 Å². The third-order valence-corrected chi connectivity index (χ3v) is 5.63. The van der Waals surface area contributed by atoms with Crippen molar-refractivity contribution in [2.75, 3.05) is 20.3 Å². The first-order chi connectivity index (χ1) is 12.8. The van der Waals surface area contributed by atoms with Gasteiger partial charge >= 0.3 is 5.97 Å². The van der Waals surface area contributed by atoms with Crippen LogP contribution in [0.4, 0.5) is 0 Å². The van der Waals surface area contributed by atoms with Gasteiger partial charge in [-0.1, -0.05) is 43.6 Å². The maximum absolute atomic E-state index is 12.4. The molecule has 0 saturated carbocycles. The van der Waals surface area contributed by atoms with Crippen LogP contribution in [0.5, 0.6) is 5.75 Å². The minimum Gasteiger partial charge on any atom is -0.492 e. The molecular formula is C19H22ClNO5S. The molecule has 0 heterocycles. The Morgan fingerprint density at radius 2 is 1.89 bits per heavy atom. The van der Waals surface area contributed by atoms with Gasteiger partial charge in [0.1, 0.15) is 12.4 Å². The number of esters is 1. The van der Waals surface area contributed by atoms with Crippen molar-refractivity contribution in [3.05, 3.63) is 58.6 Å². The molecule has 0 unspecified atom stereocenters. The number of carbonyl (C=O) groups excluding carboxylic acids is 1. The summed E-state index contributed by atoms with van der Waals surface area (Å²) >= 11 is 5.92. The maximum atomic E-state index is 12.4. The predicted octanol–water partition coefficient (Wildman–Crippen LogP) is 3.61. The van der Waals surface area contributed by atoms with Crippen LogP contribution in [0.25, 0.3) is 0 Å². The van der Waals surface area contributed by atoms with Gasteiger partial charge in [-0.05, 0) is 35.7 Å². The average molecular weight is 412 g/mol. The van der Waals surface area contributed by atoms with E-state index in [1.165, 1.54) is 25.3 Å². The number of sulfonamides is 1. The van der Waals surface area contributed by atoms with Gasteiger partial charge in [0.2, 0.25) is 10.0 Å². The lowest BCUT2D eigenvalue weighted by molar-refractivity contribution is 0.0600. The highest BCUT2D eigenvalue weighted by Crippen LogP contribution is 2.25. The molecule has 146 valence electrons. The van der Waals surface area contributed by atoms with E-state index < -0.39 is 16.0 Å². The minimum atomic E-state index is -3.82. The largest absolute Gasteiger partial charge is 0.492 e. The second-order valence-electron chi connectivity index (χ2n) is 6.07. The lowest BCUT2D eigenvalue weighted by Gasteiger charge is -2.14. The highest BCUT2D eigenvalue weighted by Gasteiger charge is 2.19. The number of benzene rings is 2. The number of hydrogen-bond donors (Lipinski definition) is 1. The van der Waals surface area contributed by atoms with E-state index in [1.807, 2.05) is 24.3 Å². The standard InChI is InChI=1S/C19H22ClNO5S/c1-13(2)15-6-4-5-7-18(15)26-11-10-21-27(23,24)14-8-9-17(20)16(12-14)19(22)25-3/h4-9,12-13,21H,10-11H2,1-3H3. The molecule has 2 aromatic rings. The zero-order valence-electron chi connectivity index (χ0n) is 15.4. The minimum absolute atomic E-state index is 0.0100. The monoisotopic (exact) mass is 411 g/mol. The molecule has 0 spiro atoms. The first-order valence-corrected chi connectivity index (χ1v) is 10.2. The Bertz CT molecular complexity index is 912. The summed E-state index contributed by atoms with van der Waals surface area (Å²) in [6, 6.07) is 11.5. The number of para-hydroxylation sites is 1. The van der Waals surface area contributed by atoms with Gasteiger partial charge in [0.25, 0.3) is 0 Å².